The fraction of sp³-hybridized carbons (Fsp3) is 0.235. The summed E-state index contributed by atoms with van der Waals surface area (Å²) >= 11 is 5.44. The lowest BCUT2D eigenvalue weighted by Gasteiger charge is -2.20. The lowest BCUT2D eigenvalue weighted by atomic mass is 10.0. The Morgan fingerprint density at radius 2 is 2.10 bits per heavy atom. The first-order chi connectivity index (χ1) is 10.3. The third kappa shape index (κ3) is 3.03. The van der Waals surface area contributed by atoms with E-state index in [1.54, 1.807) is 11.3 Å². The van der Waals surface area contributed by atoms with Crippen molar-refractivity contribution >= 4 is 38.2 Å². The highest BCUT2D eigenvalue weighted by Gasteiger charge is 2.20. The Morgan fingerprint density at radius 1 is 1.24 bits per heavy atom. The van der Waals surface area contributed by atoms with Gasteiger partial charge in [0.15, 0.2) is 0 Å². The number of halogens is 1. The summed E-state index contributed by atoms with van der Waals surface area (Å²) in [6.07, 6.45) is 2.98. The average molecular weight is 361 g/mol. The minimum Gasteiger partial charge on any atom is -0.305 e. The van der Waals surface area contributed by atoms with Crippen molar-refractivity contribution < 1.29 is 0 Å². The van der Waals surface area contributed by atoms with Crippen molar-refractivity contribution in [2.45, 2.75) is 19.4 Å². The first-order valence-corrected chi connectivity index (χ1v) is 8.78. The maximum Gasteiger partial charge on any atom is 0.0753 e. The number of nitrogens with one attached hydrogen (secondary N) is 1. The van der Waals surface area contributed by atoms with Crippen LogP contribution in [0, 0.1) is 0 Å². The van der Waals surface area contributed by atoms with Gasteiger partial charge in [-0.05, 0) is 46.4 Å². The van der Waals surface area contributed by atoms with Gasteiger partial charge in [0.25, 0.3) is 0 Å². The topological polar surface area (TPSA) is 24.9 Å². The van der Waals surface area contributed by atoms with Crippen LogP contribution in [-0.2, 0) is 0 Å². The van der Waals surface area contributed by atoms with Crippen LogP contribution in [-0.4, -0.2) is 11.5 Å². The highest BCUT2D eigenvalue weighted by atomic mass is 79.9. The van der Waals surface area contributed by atoms with E-state index in [9.17, 15) is 0 Å². The first kappa shape index (κ1) is 14.7. The average Bonchev–Trinajstić information content (AvgIpc) is 2.94. The maximum atomic E-state index is 4.60. The van der Waals surface area contributed by atoms with Gasteiger partial charge < -0.3 is 5.32 Å². The van der Waals surface area contributed by atoms with Gasteiger partial charge in [0.05, 0.1) is 11.6 Å². The molecule has 3 aromatic rings. The molecule has 0 amide bonds. The lowest BCUT2D eigenvalue weighted by molar-refractivity contribution is 0.607. The molecule has 2 nitrogen and oxygen atoms in total. The molecule has 1 atom stereocenters. The lowest BCUT2D eigenvalue weighted by Crippen LogP contribution is -2.23. The van der Waals surface area contributed by atoms with Crippen molar-refractivity contribution in [3.63, 3.8) is 0 Å². The van der Waals surface area contributed by atoms with Crippen LogP contribution in [0.4, 0.5) is 0 Å². The molecule has 0 aliphatic heterocycles. The molecule has 1 aromatic carbocycles. The third-order valence-electron chi connectivity index (χ3n) is 3.48. The van der Waals surface area contributed by atoms with E-state index < -0.39 is 0 Å². The highest BCUT2D eigenvalue weighted by Crippen LogP contribution is 2.35. The number of fused-ring (bicyclic) bond motifs is 1. The first-order valence-electron chi connectivity index (χ1n) is 7.11. The van der Waals surface area contributed by atoms with E-state index in [2.05, 4.69) is 68.9 Å². The molecule has 1 N–H and O–H groups in total. The zero-order valence-corrected chi connectivity index (χ0v) is 14.2. The Hall–Kier alpha value is -1.23. The van der Waals surface area contributed by atoms with Crippen LogP contribution in [0.5, 0.6) is 0 Å². The molecule has 1 unspecified atom stereocenters. The maximum absolute atomic E-state index is 4.60. The van der Waals surface area contributed by atoms with E-state index in [4.69, 9.17) is 0 Å². The number of thiophene rings is 1. The van der Waals surface area contributed by atoms with E-state index in [0.717, 1.165) is 23.0 Å². The molecule has 4 heteroatoms. The summed E-state index contributed by atoms with van der Waals surface area (Å²) in [5, 5.41) is 6.97. The van der Waals surface area contributed by atoms with E-state index in [1.807, 2.05) is 12.3 Å². The molecule has 0 saturated heterocycles. The quantitative estimate of drug-likeness (QED) is 0.680. The zero-order chi connectivity index (χ0) is 14.7. The van der Waals surface area contributed by atoms with Gasteiger partial charge in [-0.1, -0.05) is 31.2 Å². The van der Waals surface area contributed by atoms with Crippen molar-refractivity contribution in [3.8, 4) is 0 Å². The second kappa shape index (κ2) is 6.69. The molecule has 0 fully saturated rings. The summed E-state index contributed by atoms with van der Waals surface area (Å²) in [4.78, 5) is 5.91. The van der Waals surface area contributed by atoms with Gasteiger partial charge in [0, 0.05) is 26.5 Å². The number of benzene rings is 1. The van der Waals surface area contributed by atoms with Gasteiger partial charge in [0.1, 0.15) is 0 Å². The fourth-order valence-corrected chi connectivity index (χ4v) is 4.20. The number of hydrogen-bond acceptors (Lipinski definition) is 3. The summed E-state index contributed by atoms with van der Waals surface area (Å²) in [6, 6.07) is 12.8. The molecule has 2 aromatic heterocycles. The molecule has 0 aliphatic carbocycles. The molecule has 0 bridgehead atoms. The Labute approximate surface area is 137 Å². The second-order valence-corrected chi connectivity index (χ2v) is 6.74. The summed E-state index contributed by atoms with van der Waals surface area (Å²) in [7, 11) is 0. The molecule has 0 spiro atoms. The van der Waals surface area contributed by atoms with Crippen LogP contribution in [0.1, 0.15) is 29.8 Å². The Morgan fingerprint density at radius 3 is 2.86 bits per heavy atom. The summed E-state index contributed by atoms with van der Waals surface area (Å²) in [5.41, 5.74) is 2.32. The van der Waals surface area contributed by atoms with Gasteiger partial charge in [-0.3, -0.25) is 4.98 Å². The highest BCUT2D eigenvalue weighted by molar-refractivity contribution is 9.10. The SMILES string of the molecule is CCCNC(c1sccc1Br)c1cccc2cccnc12. The van der Waals surface area contributed by atoms with E-state index in [0.29, 0.717) is 0 Å². The van der Waals surface area contributed by atoms with Crippen molar-refractivity contribution in [1.82, 2.24) is 10.3 Å². The summed E-state index contributed by atoms with van der Waals surface area (Å²) < 4.78 is 1.16. The van der Waals surface area contributed by atoms with Gasteiger partial charge in [-0.15, -0.1) is 11.3 Å². The van der Waals surface area contributed by atoms with Crippen molar-refractivity contribution in [3.05, 3.63) is 62.9 Å². The molecular formula is C17H17BrN2S. The number of nitrogens with zero attached hydrogens (tertiary/aromatic N) is 1. The van der Waals surface area contributed by atoms with Crippen LogP contribution in [0.25, 0.3) is 10.9 Å². The number of hydrogen-bond donors (Lipinski definition) is 1. The molecule has 2 heterocycles. The Bertz CT molecular complexity index is 733. The summed E-state index contributed by atoms with van der Waals surface area (Å²) in [5.74, 6) is 0. The van der Waals surface area contributed by atoms with E-state index in [1.165, 1.54) is 15.8 Å². The van der Waals surface area contributed by atoms with Crippen molar-refractivity contribution in [2.24, 2.45) is 0 Å². The zero-order valence-electron chi connectivity index (χ0n) is 11.8. The number of rotatable bonds is 5. The molecule has 21 heavy (non-hydrogen) atoms. The monoisotopic (exact) mass is 360 g/mol. The van der Waals surface area contributed by atoms with Gasteiger partial charge in [-0.25, -0.2) is 0 Å². The predicted molar refractivity (Wildman–Crippen MR) is 93.9 cm³/mol. The minimum atomic E-state index is 0.179. The van der Waals surface area contributed by atoms with Gasteiger partial charge in [-0.2, -0.15) is 0 Å². The van der Waals surface area contributed by atoms with Crippen molar-refractivity contribution in [2.75, 3.05) is 6.54 Å². The molecule has 0 aliphatic rings. The van der Waals surface area contributed by atoms with Crippen LogP contribution >= 0.6 is 27.3 Å². The fourth-order valence-electron chi connectivity index (χ4n) is 2.50. The standard InChI is InChI=1S/C17H17BrN2S/c1-2-9-19-16(17-14(18)8-11-21-17)13-7-3-5-12-6-4-10-20-15(12)13/h3-8,10-11,16,19H,2,9H2,1H3. The Kier molecular flexibility index (Phi) is 4.68. The van der Waals surface area contributed by atoms with Crippen LogP contribution < -0.4 is 5.32 Å². The van der Waals surface area contributed by atoms with Crippen molar-refractivity contribution in [1.29, 1.82) is 0 Å². The second-order valence-electron chi connectivity index (χ2n) is 4.94. The molecule has 3 rings (SSSR count). The predicted octanol–water partition coefficient (Wildman–Crippen LogP) is 5.15. The smallest absolute Gasteiger partial charge is 0.0753 e. The Balaban J connectivity index is 2.12. The largest absolute Gasteiger partial charge is 0.305 e. The van der Waals surface area contributed by atoms with Crippen LogP contribution in [0.3, 0.4) is 0 Å². The molecule has 108 valence electrons. The van der Waals surface area contributed by atoms with Gasteiger partial charge in [0.2, 0.25) is 0 Å². The molecule has 0 saturated carbocycles. The molecule has 0 radical (unpaired) electrons. The summed E-state index contributed by atoms with van der Waals surface area (Å²) in [6.45, 7) is 3.17. The number of para-hydroxylation sites is 1. The third-order valence-corrected chi connectivity index (χ3v) is 5.42. The van der Waals surface area contributed by atoms with Gasteiger partial charge >= 0.3 is 0 Å². The molecular weight excluding hydrogens is 344 g/mol. The van der Waals surface area contributed by atoms with E-state index in [-0.39, 0.29) is 6.04 Å². The van der Waals surface area contributed by atoms with Crippen LogP contribution in [0.2, 0.25) is 0 Å². The number of aromatic nitrogens is 1. The van der Waals surface area contributed by atoms with Crippen LogP contribution in [0.15, 0.2) is 52.4 Å². The minimum absolute atomic E-state index is 0.179. The normalized spacial score (nSPS) is 12.7. The number of pyridine rings is 1. The van der Waals surface area contributed by atoms with E-state index >= 15 is 0 Å².